The molecule has 0 bridgehead atoms. The van der Waals surface area contributed by atoms with E-state index >= 15 is 0 Å². The second-order valence-electron chi connectivity index (χ2n) is 2.05. The molecule has 0 aliphatic rings. The Hall–Kier alpha value is -1.05. The average Bonchev–Trinajstić information content (AvgIpc) is 1.98. The van der Waals surface area contributed by atoms with Crippen molar-refractivity contribution in [1.29, 1.82) is 0 Å². The normalized spacial score (nSPS) is 14.5. The van der Waals surface area contributed by atoms with Gasteiger partial charge in [-0.15, -0.1) is 0 Å². The number of aliphatic hydroxyl groups excluding tert-OH is 2. The monoisotopic (exact) mass is 158 g/mol. The van der Waals surface area contributed by atoms with E-state index < -0.39 is 18.0 Å². The van der Waals surface area contributed by atoms with E-state index in [4.69, 9.17) is 15.3 Å². The van der Waals surface area contributed by atoms with Crippen LogP contribution in [0.1, 0.15) is 6.92 Å². The molecule has 0 aromatic rings. The Labute approximate surface area is 64.5 Å². The Morgan fingerprint density at radius 1 is 1.64 bits per heavy atom. The van der Waals surface area contributed by atoms with E-state index in [2.05, 4.69) is 11.8 Å². The molecule has 0 spiro atoms. The molecule has 2 unspecified atom stereocenters. The molecular formula is C7H10O4. The molecule has 4 heteroatoms. The summed E-state index contributed by atoms with van der Waals surface area (Å²) in [5, 5.41) is 25.5. The first-order chi connectivity index (χ1) is 5.09. The van der Waals surface area contributed by atoms with Gasteiger partial charge < -0.3 is 15.3 Å². The number of aliphatic carboxylic acids is 1. The summed E-state index contributed by atoms with van der Waals surface area (Å²) in [6.45, 7) is 0.975. The zero-order chi connectivity index (χ0) is 8.85. The van der Waals surface area contributed by atoms with E-state index in [9.17, 15) is 4.79 Å². The van der Waals surface area contributed by atoms with Crippen molar-refractivity contribution < 1.29 is 20.1 Å². The van der Waals surface area contributed by atoms with Crippen LogP contribution in [-0.2, 0) is 4.79 Å². The zero-order valence-electron chi connectivity index (χ0n) is 6.11. The van der Waals surface area contributed by atoms with Crippen LogP contribution in [0, 0.1) is 17.8 Å². The second kappa shape index (κ2) is 4.72. The Morgan fingerprint density at radius 2 is 2.18 bits per heavy atom. The third kappa shape index (κ3) is 3.61. The van der Waals surface area contributed by atoms with Crippen LogP contribution in [0.4, 0.5) is 0 Å². The summed E-state index contributed by atoms with van der Waals surface area (Å²) in [6.07, 6.45) is -1.21. The molecule has 0 aromatic carbocycles. The van der Waals surface area contributed by atoms with E-state index in [1.807, 2.05) is 0 Å². The second-order valence-corrected chi connectivity index (χ2v) is 2.05. The van der Waals surface area contributed by atoms with Gasteiger partial charge in [0.2, 0.25) is 0 Å². The molecule has 0 amide bonds. The number of rotatable bonds is 2. The average molecular weight is 158 g/mol. The highest BCUT2D eigenvalue weighted by Gasteiger charge is 2.18. The topological polar surface area (TPSA) is 77.8 Å². The lowest BCUT2D eigenvalue weighted by atomic mass is 10.1. The van der Waals surface area contributed by atoms with Crippen LogP contribution >= 0.6 is 0 Å². The SMILES string of the molecule is CC(C(=O)O)C(O)C#CCO. The van der Waals surface area contributed by atoms with Crippen molar-refractivity contribution in [3.63, 3.8) is 0 Å². The highest BCUT2D eigenvalue weighted by molar-refractivity contribution is 5.70. The van der Waals surface area contributed by atoms with Gasteiger partial charge in [0.1, 0.15) is 12.7 Å². The fraction of sp³-hybridized carbons (Fsp3) is 0.571. The maximum atomic E-state index is 10.2. The number of hydrogen-bond donors (Lipinski definition) is 3. The minimum atomic E-state index is -1.21. The molecule has 0 aromatic heterocycles. The molecule has 0 fully saturated rings. The third-order valence-corrected chi connectivity index (χ3v) is 1.19. The summed E-state index contributed by atoms with van der Waals surface area (Å²) in [7, 11) is 0. The Balaban J connectivity index is 4.02. The third-order valence-electron chi connectivity index (χ3n) is 1.19. The van der Waals surface area contributed by atoms with Crippen molar-refractivity contribution in [2.75, 3.05) is 6.61 Å². The van der Waals surface area contributed by atoms with Gasteiger partial charge in [-0.05, 0) is 6.92 Å². The number of hydrogen-bond acceptors (Lipinski definition) is 3. The first-order valence-corrected chi connectivity index (χ1v) is 3.09. The lowest BCUT2D eigenvalue weighted by molar-refractivity contribution is -0.143. The fourth-order valence-corrected chi connectivity index (χ4v) is 0.410. The van der Waals surface area contributed by atoms with E-state index in [1.165, 1.54) is 6.92 Å². The molecule has 3 N–H and O–H groups in total. The number of carboxylic acid groups (broad SMARTS) is 1. The van der Waals surface area contributed by atoms with Crippen LogP contribution in [0.2, 0.25) is 0 Å². The largest absolute Gasteiger partial charge is 0.481 e. The van der Waals surface area contributed by atoms with Gasteiger partial charge in [0.25, 0.3) is 0 Å². The number of carboxylic acids is 1. The molecule has 0 aliphatic carbocycles. The van der Waals surface area contributed by atoms with Crippen molar-refractivity contribution in [2.45, 2.75) is 13.0 Å². The van der Waals surface area contributed by atoms with Crippen LogP contribution < -0.4 is 0 Å². The summed E-state index contributed by atoms with van der Waals surface area (Å²) < 4.78 is 0. The molecule has 62 valence electrons. The molecule has 0 saturated carbocycles. The molecule has 0 heterocycles. The Morgan fingerprint density at radius 3 is 2.55 bits per heavy atom. The molecule has 11 heavy (non-hydrogen) atoms. The highest BCUT2D eigenvalue weighted by atomic mass is 16.4. The van der Waals surface area contributed by atoms with Gasteiger partial charge in [-0.3, -0.25) is 4.79 Å². The fourth-order valence-electron chi connectivity index (χ4n) is 0.410. The summed E-state index contributed by atoms with van der Waals surface area (Å²) in [5.74, 6) is 2.34. The van der Waals surface area contributed by atoms with E-state index in [-0.39, 0.29) is 6.61 Å². The summed E-state index contributed by atoms with van der Waals surface area (Å²) >= 11 is 0. The predicted molar refractivity (Wildman–Crippen MR) is 37.7 cm³/mol. The molecule has 0 rings (SSSR count). The van der Waals surface area contributed by atoms with Crippen LogP contribution in [-0.4, -0.2) is 34.0 Å². The Bertz CT molecular complexity index is 188. The van der Waals surface area contributed by atoms with Gasteiger partial charge in [-0.25, -0.2) is 0 Å². The van der Waals surface area contributed by atoms with Gasteiger partial charge >= 0.3 is 5.97 Å². The molecule has 2 atom stereocenters. The summed E-state index contributed by atoms with van der Waals surface area (Å²) in [6, 6.07) is 0. The van der Waals surface area contributed by atoms with Crippen molar-refractivity contribution in [1.82, 2.24) is 0 Å². The van der Waals surface area contributed by atoms with Gasteiger partial charge in [0, 0.05) is 0 Å². The number of carbonyl (C=O) groups is 1. The van der Waals surface area contributed by atoms with Crippen LogP contribution in [0.25, 0.3) is 0 Å². The predicted octanol–water partition coefficient (Wildman–Crippen LogP) is -0.936. The quantitative estimate of drug-likeness (QED) is 0.453. The highest BCUT2D eigenvalue weighted by Crippen LogP contribution is 2.00. The van der Waals surface area contributed by atoms with Crippen LogP contribution in [0.15, 0.2) is 0 Å². The van der Waals surface area contributed by atoms with Gasteiger partial charge in [0.05, 0.1) is 5.92 Å². The van der Waals surface area contributed by atoms with Crippen molar-refractivity contribution in [3.05, 3.63) is 0 Å². The van der Waals surface area contributed by atoms with E-state index in [0.717, 1.165) is 0 Å². The van der Waals surface area contributed by atoms with Crippen LogP contribution in [0.3, 0.4) is 0 Å². The summed E-state index contributed by atoms with van der Waals surface area (Å²) in [5.41, 5.74) is 0. The molecule has 0 aliphatic heterocycles. The molecule has 0 radical (unpaired) electrons. The molecule has 4 nitrogen and oxygen atoms in total. The van der Waals surface area contributed by atoms with E-state index in [1.54, 1.807) is 0 Å². The first-order valence-electron chi connectivity index (χ1n) is 3.09. The summed E-state index contributed by atoms with van der Waals surface area (Å²) in [4.78, 5) is 10.2. The van der Waals surface area contributed by atoms with Crippen molar-refractivity contribution in [3.8, 4) is 11.8 Å². The smallest absolute Gasteiger partial charge is 0.309 e. The molecular weight excluding hydrogens is 148 g/mol. The minimum absolute atomic E-state index is 0.372. The zero-order valence-corrected chi connectivity index (χ0v) is 6.11. The van der Waals surface area contributed by atoms with Crippen LogP contribution in [0.5, 0.6) is 0 Å². The van der Waals surface area contributed by atoms with Gasteiger partial charge in [0.15, 0.2) is 0 Å². The molecule has 0 saturated heterocycles. The minimum Gasteiger partial charge on any atom is -0.481 e. The van der Waals surface area contributed by atoms with Gasteiger partial charge in [-0.2, -0.15) is 0 Å². The standard InChI is InChI=1S/C7H10O4/c1-5(7(10)11)6(9)3-2-4-8/h5-6,8-9H,4H2,1H3,(H,10,11). The first kappa shape index (κ1) is 9.95. The van der Waals surface area contributed by atoms with Crippen molar-refractivity contribution >= 4 is 5.97 Å². The van der Waals surface area contributed by atoms with Gasteiger partial charge in [-0.1, -0.05) is 11.8 Å². The number of aliphatic hydroxyl groups is 2. The Kier molecular flexibility index (Phi) is 4.27. The maximum Gasteiger partial charge on any atom is 0.309 e. The van der Waals surface area contributed by atoms with E-state index in [0.29, 0.717) is 0 Å². The van der Waals surface area contributed by atoms with Crippen molar-refractivity contribution in [2.24, 2.45) is 5.92 Å². The lowest BCUT2D eigenvalue weighted by Gasteiger charge is -2.06. The maximum absolute atomic E-state index is 10.2. The lowest BCUT2D eigenvalue weighted by Crippen LogP contribution is -2.23.